The zero-order chi connectivity index (χ0) is 18.1. The first-order valence-corrected chi connectivity index (χ1v) is 9.10. The zero-order valence-electron chi connectivity index (χ0n) is 14.4. The minimum Gasteiger partial charge on any atom is -0.468 e. The number of nitrogens with zero attached hydrogens (tertiary/aromatic N) is 1. The fourth-order valence-corrected chi connectivity index (χ4v) is 2.82. The molecule has 0 atom stereocenters. The number of hydrogen-bond acceptors (Lipinski definition) is 5. The predicted molar refractivity (Wildman–Crippen MR) is 101 cm³/mol. The van der Waals surface area contributed by atoms with Crippen LogP contribution in [0.4, 0.5) is 5.69 Å². The molecule has 6 heteroatoms. The summed E-state index contributed by atoms with van der Waals surface area (Å²) in [7, 11) is 1.34. The molecule has 0 aliphatic carbocycles. The molecule has 0 unspecified atom stereocenters. The highest BCUT2D eigenvalue weighted by molar-refractivity contribution is 7.98. The van der Waals surface area contributed by atoms with Gasteiger partial charge in [0.1, 0.15) is 0 Å². The third-order valence-corrected chi connectivity index (χ3v) is 4.28. The van der Waals surface area contributed by atoms with E-state index in [2.05, 4.69) is 5.32 Å². The number of nitrogens with one attached hydrogen (secondary N) is 1. The lowest BCUT2D eigenvalue weighted by atomic mass is 10.2. The fraction of sp³-hybridized carbons (Fsp3) is 0.263. The number of ether oxygens (including phenoxy) is 1. The SMILES string of the molecule is COC(=O)CN(CC(=O)Nc1cccc(SC)c1)Cc1ccccc1. The number of benzene rings is 2. The molecule has 2 aromatic carbocycles. The standard InChI is InChI=1S/C19H22N2O3S/c1-24-19(23)14-21(12-15-7-4-3-5-8-15)13-18(22)20-16-9-6-10-17(11-16)25-2/h3-11H,12-14H2,1-2H3,(H,20,22). The number of rotatable bonds is 8. The Morgan fingerprint density at radius 2 is 1.84 bits per heavy atom. The summed E-state index contributed by atoms with van der Waals surface area (Å²) >= 11 is 1.61. The molecule has 0 aromatic heterocycles. The maximum Gasteiger partial charge on any atom is 0.319 e. The van der Waals surface area contributed by atoms with E-state index in [0.717, 1.165) is 16.1 Å². The van der Waals surface area contributed by atoms with Crippen molar-refractivity contribution in [1.29, 1.82) is 0 Å². The summed E-state index contributed by atoms with van der Waals surface area (Å²) < 4.78 is 4.73. The van der Waals surface area contributed by atoms with Crippen molar-refractivity contribution in [1.82, 2.24) is 4.90 Å². The number of esters is 1. The Labute approximate surface area is 152 Å². The van der Waals surface area contributed by atoms with Gasteiger partial charge in [-0.1, -0.05) is 36.4 Å². The average molecular weight is 358 g/mol. The summed E-state index contributed by atoms with van der Waals surface area (Å²) in [6.45, 7) is 0.658. The van der Waals surface area contributed by atoms with Crippen molar-refractivity contribution in [3.63, 3.8) is 0 Å². The van der Waals surface area contributed by atoms with Crippen molar-refractivity contribution in [2.24, 2.45) is 0 Å². The molecular weight excluding hydrogens is 336 g/mol. The first-order chi connectivity index (χ1) is 12.1. The number of hydrogen-bond donors (Lipinski definition) is 1. The number of carbonyl (C=O) groups is 2. The maximum absolute atomic E-state index is 12.4. The molecule has 0 aliphatic rings. The molecule has 0 saturated heterocycles. The largest absolute Gasteiger partial charge is 0.468 e. The topological polar surface area (TPSA) is 58.6 Å². The molecule has 1 N–H and O–H groups in total. The average Bonchev–Trinajstić information content (AvgIpc) is 2.62. The van der Waals surface area contributed by atoms with Crippen LogP contribution in [-0.4, -0.2) is 43.2 Å². The first-order valence-electron chi connectivity index (χ1n) is 7.87. The lowest BCUT2D eigenvalue weighted by Crippen LogP contribution is -2.37. The van der Waals surface area contributed by atoms with Crippen LogP contribution >= 0.6 is 11.8 Å². The molecule has 5 nitrogen and oxygen atoms in total. The van der Waals surface area contributed by atoms with Gasteiger partial charge in [-0.25, -0.2) is 0 Å². The highest BCUT2D eigenvalue weighted by Crippen LogP contribution is 2.19. The molecule has 0 aliphatic heterocycles. The van der Waals surface area contributed by atoms with Gasteiger partial charge in [-0.2, -0.15) is 0 Å². The van der Waals surface area contributed by atoms with E-state index in [9.17, 15) is 9.59 Å². The molecule has 2 rings (SSSR count). The Balaban J connectivity index is 2.01. The highest BCUT2D eigenvalue weighted by Gasteiger charge is 2.15. The van der Waals surface area contributed by atoms with Gasteiger partial charge >= 0.3 is 5.97 Å². The van der Waals surface area contributed by atoms with E-state index in [1.807, 2.05) is 60.9 Å². The van der Waals surface area contributed by atoms with E-state index >= 15 is 0 Å². The van der Waals surface area contributed by atoms with Crippen molar-refractivity contribution >= 4 is 29.3 Å². The van der Waals surface area contributed by atoms with E-state index in [1.54, 1.807) is 16.7 Å². The molecule has 132 valence electrons. The highest BCUT2D eigenvalue weighted by atomic mass is 32.2. The summed E-state index contributed by atoms with van der Waals surface area (Å²) in [6, 6.07) is 17.4. The zero-order valence-corrected chi connectivity index (χ0v) is 15.2. The summed E-state index contributed by atoms with van der Waals surface area (Å²) in [5.41, 5.74) is 1.78. The molecule has 0 radical (unpaired) electrons. The van der Waals surface area contributed by atoms with Crippen molar-refractivity contribution < 1.29 is 14.3 Å². The summed E-state index contributed by atoms with van der Waals surface area (Å²) in [5.74, 6) is -0.536. The Morgan fingerprint density at radius 1 is 1.08 bits per heavy atom. The van der Waals surface area contributed by atoms with Gasteiger partial charge in [-0.3, -0.25) is 14.5 Å². The lowest BCUT2D eigenvalue weighted by Gasteiger charge is -2.20. The molecule has 0 saturated carbocycles. The van der Waals surface area contributed by atoms with Crippen LogP contribution in [0, 0.1) is 0 Å². The smallest absolute Gasteiger partial charge is 0.319 e. The first kappa shape index (κ1) is 19.0. The Bertz CT molecular complexity index is 707. The van der Waals surface area contributed by atoms with Crippen LogP contribution in [0.3, 0.4) is 0 Å². The van der Waals surface area contributed by atoms with E-state index in [1.165, 1.54) is 7.11 Å². The second-order valence-corrected chi connectivity index (χ2v) is 6.37. The quantitative estimate of drug-likeness (QED) is 0.581. The van der Waals surface area contributed by atoms with Gasteiger partial charge in [0.2, 0.25) is 5.91 Å². The minimum atomic E-state index is -0.367. The van der Waals surface area contributed by atoms with Crippen LogP contribution < -0.4 is 5.32 Å². The van der Waals surface area contributed by atoms with E-state index < -0.39 is 0 Å². The third kappa shape index (κ3) is 6.60. The second kappa shape index (κ2) is 9.86. The normalized spacial score (nSPS) is 10.5. The third-order valence-electron chi connectivity index (χ3n) is 3.55. The second-order valence-electron chi connectivity index (χ2n) is 5.49. The molecule has 0 spiro atoms. The number of methoxy groups -OCH3 is 1. The van der Waals surface area contributed by atoms with E-state index in [4.69, 9.17) is 4.74 Å². The summed E-state index contributed by atoms with van der Waals surface area (Å²) in [6.07, 6.45) is 1.99. The molecule has 2 aromatic rings. The van der Waals surface area contributed by atoms with Gasteiger partial charge in [0.15, 0.2) is 0 Å². The lowest BCUT2D eigenvalue weighted by molar-refractivity contribution is -0.142. The van der Waals surface area contributed by atoms with Crippen LogP contribution in [0.15, 0.2) is 59.5 Å². The monoisotopic (exact) mass is 358 g/mol. The maximum atomic E-state index is 12.4. The molecule has 25 heavy (non-hydrogen) atoms. The van der Waals surface area contributed by atoms with Crippen molar-refractivity contribution in [3.8, 4) is 0 Å². The van der Waals surface area contributed by atoms with Crippen LogP contribution in [0.1, 0.15) is 5.56 Å². The number of thioether (sulfide) groups is 1. The molecule has 1 amide bonds. The van der Waals surface area contributed by atoms with Gasteiger partial charge in [-0.15, -0.1) is 11.8 Å². The van der Waals surface area contributed by atoms with Crippen molar-refractivity contribution in [2.45, 2.75) is 11.4 Å². The number of carbonyl (C=O) groups excluding carboxylic acids is 2. The summed E-state index contributed by atoms with van der Waals surface area (Å²) in [4.78, 5) is 26.8. The van der Waals surface area contributed by atoms with Gasteiger partial charge in [-0.05, 0) is 30.0 Å². The van der Waals surface area contributed by atoms with Crippen LogP contribution in [0.5, 0.6) is 0 Å². The predicted octanol–water partition coefficient (Wildman–Crippen LogP) is 3.02. The van der Waals surface area contributed by atoms with Crippen LogP contribution in [0.25, 0.3) is 0 Å². The van der Waals surface area contributed by atoms with Gasteiger partial charge in [0.25, 0.3) is 0 Å². The summed E-state index contributed by atoms with van der Waals surface area (Å²) in [5, 5.41) is 2.88. The molecule has 0 fully saturated rings. The molecule has 0 heterocycles. The fourth-order valence-electron chi connectivity index (χ4n) is 2.36. The number of anilines is 1. The Kier molecular flexibility index (Phi) is 7.50. The van der Waals surface area contributed by atoms with Gasteiger partial charge < -0.3 is 10.1 Å². The Morgan fingerprint density at radius 3 is 2.52 bits per heavy atom. The Hall–Kier alpha value is -2.31. The van der Waals surface area contributed by atoms with Crippen LogP contribution in [0.2, 0.25) is 0 Å². The van der Waals surface area contributed by atoms with Crippen LogP contribution in [-0.2, 0) is 20.9 Å². The number of amides is 1. The van der Waals surface area contributed by atoms with E-state index in [-0.39, 0.29) is 25.0 Å². The van der Waals surface area contributed by atoms with Crippen molar-refractivity contribution in [3.05, 3.63) is 60.2 Å². The van der Waals surface area contributed by atoms with E-state index in [0.29, 0.717) is 6.54 Å². The molecule has 0 bridgehead atoms. The van der Waals surface area contributed by atoms with Gasteiger partial charge in [0, 0.05) is 17.1 Å². The van der Waals surface area contributed by atoms with Crippen molar-refractivity contribution in [2.75, 3.05) is 31.8 Å². The minimum absolute atomic E-state index is 0.0592. The molecular formula is C19H22N2O3S. The van der Waals surface area contributed by atoms with Gasteiger partial charge in [0.05, 0.1) is 20.2 Å².